The molecule has 1 amide bonds. The molecule has 1 aliphatic rings. The zero-order valence-electron chi connectivity index (χ0n) is 15.3. The molecule has 4 rings (SSSR count). The summed E-state index contributed by atoms with van der Waals surface area (Å²) in [6.07, 6.45) is 0.479. The van der Waals surface area contributed by atoms with E-state index in [1.165, 1.54) is 0 Å². The average molecular weight is 349 g/mol. The first-order valence-electron chi connectivity index (χ1n) is 8.99. The van der Waals surface area contributed by atoms with Gasteiger partial charge in [-0.05, 0) is 38.1 Å². The van der Waals surface area contributed by atoms with E-state index in [9.17, 15) is 4.79 Å². The summed E-state index contributed by atoms with van der Waals surface area (Å²) in [5.74, 6) is 1.97. The van der Waals surface area contributed by atoms with Crippen molar-refractivity contribution in [2.24, 2.45) is 0 Å². The molecule has 0 bridgehead atoms. The molecule has 5 nitrogen and oxygen atoms in total. The summed E-state index contributed by atoms with van der Waals surface area (Å²) < 4.78 is 7.56. The van der Waals surface area contributed by atoms with Gasteiger partial charge in [-0.25, -0.2) is 4.98 Å². The minimum Gasteiger partial charge on any atom is -0.497 e. The lowest BCUT2D eigenvalue weighted by atomic mass is 10.1. The van der Waals surface area contributed by atoms with Crippen LogP contribution >= 0.6 is 0 Å². The molecule has 5 heteroatoms. The molecule has 0 N–H and O–H groups in total. The van der Waals surface area contributed by atoms with Gasteiger partial charge in [-0.3, -0.25) is 4.79 Å². The van der Waals surface area contributed by atoms with Crippen molar-refractivity contribution in [3.8, 4) is 5.75 Å². The monoisotopic (exact) mass is 349 g/mol. The molecule has 2 heterocycles. The number of carbonyl (C=O) groups excluding carboxylic acids is 1. The smallest absolute Gasteiger partial charge is 0.227 e. The fourth-order valence-corrected chi connectivity index (χ4v) is 3.80. The second-order valence-corrected chi connectivity index (χ2v) is 7.03. The summed E-state index contributed by atoms with van der Waals surface area (Å²) >= 11 is 0. The SMILES string of the molecule is COc1cccc(N2CC(c3nc4ccccc4n3C(C)C)CC2=O)c1. The molecule has 2 aromatic carbocycles. The van der Waals surface area contributed by atoms with Crippen molar-refractivity contribution in [2.45, 2.75) is 32.2 Å². The van der Waals surface area contributed by atoms with Gasteiger partial charge in [-0.15, -0.1) is 0 Å². The zero-order chi connectivity index (χ0) is 18.3. The van der Waals surface area contributed by atoms with Gasteiger partial charge < -0.3 is 14.2 Å². The zero-order valence-corrected chi connectivity index (χ0v) is 15.3. The lowest BCUT2D eigenvalue weighted by molar-refractivity contribution is -0.117. The van der Waals surface area contributed by atoms with Crippen LogP contribution in [0.2, 0.25) is 0 Å². The number of anilines is 1. The number of rotatable bonds is 4. The summed E-state index contributed by atoms with van der Waals surface area (Å²) in [5, 5.41) is 0. The maximum Gasteiger partial charge on any atom is 0.227 e. The highest BCUT2D eigenvalue weighted by molar-refractivity contribution is 5.96. The Labute approximate surface area is 153 Å². The van der Waals surface area contributed by atoms with Gasteiger partial charge >= 0.3 is 0 Å². The lowest BCUT2D eigenvalue weighted by Crippen LogP contribution is -2.24. The van der Waals surface area contributed by atoms with Crippen LogP contribution in [0.3, 0.4) is 0 Å². The number of nitrogens with zero attached hydrogens (tertiary/aromatic N) is 3. The van der Waals surface area contributed by atoms with Gasteiger partial charge in [0.05, 0.1) is 18.1 Å². The highest BCUT2D eigenvalue weighted by Gasteiger charge is 2.35. The van der Waals surface area contributed by atoms with Gasteiger partial charge in [0, 0.05) is 36.7 Å². The van der Waals surface area contributed by atoms with Gasteiger partial charge in [-0.1, -0.05) is 18.2 Å². The van der Waals surface area contributed by atoms with E-state index < -0.39 is 0 Å². The first-order chi connectivity index (χ1) is 12.6. The van der Waals surface area contributed by atoms with E-state index in [0.717, 1.165) is 28.3 Å². The van der Waals surface area contributed by atoms with Gasteiger partial charge in [0.15, 0.2) is 0 Å². The van der Waals surface area contributed by atoms with Gasteiger partial charge in [-0.2, -0.15) is 0 Å². The Morgan fingerprint density at radius 2 is 1.96 bits per heavy atom. The minimum atomic E-state index is 0.0866. The number of hydrogen-bond donors (Lipinski definition) is 0. The van der Waals surface area contributed by atoms with E-state index in [1.807, 2.05) is 47.4 Å². The quantitative estimate of drug-likeness (QED) is 0.711. The largest absolute Gasteiger partial charge is 0.497 e. The molecule has 0 radical (unpaired) electrons. The minimum absolute atomic E-state index is 0.0866. The second-order valence-electron chi connectivity index (χ2n) is 7.03. The molecule has 26 heavy (non-hydrogen) atoms. The topological polar surface area (TPSA) is 47.4 Å². The van der Waals surface area contributed by atoms with Gasteiger partial charge in [0.25, 0.3) is 0 Å². The number of amides is 1. The van der Waals surface area contributed by atoms with Crippen molar-refractivity contribution < 1.29 is 9.53 Å². The number of carbonyl (C=O) groups is 1. The first kappa shape index (κ1) is 16.6. The van der Waals surface area contributed by atoms with Gasteiger partial charge in [0.2, 0.25) is 5.91 Å². The Kier molecular flexibility index (Phi) is 4.15. The summed E-state index contributed by atoms with van der Waals surface area (Å²) in [5.41, 5.74) is 3.00. The Bertz CT molecular complexity index is 961. The van der Waals surface area contributed by atoms with Crippen LogP contribution in [-0.4, -0.2) is 29.1 Å². The van der Waals surface area contributed by atoms with Crippen LogP contribution in [-0.2, 0) is 4.79 Å². The van der Waals surface area contributed by atoms with Gasteiger partial charge in [0.1, 0.15) is 11.6 Å². The summed E-state index contributed by atoms with van der Waals surface area (Å²) in [6, 6.07) is 16.1. The molecular weight excluding hydrogens is 326 g/mol. The molecule has 0 spiro atoms. The van der Waals surface area contributed by atoms with Crippen LogP contribution in [0, 0.1) is 0 Å². The van der Waals surface area contributed by atoms with Crippen molar-refractivity contribution in [1.82, 2.24) is 9.55 Å². The lowest BCUT2D eigenvalue weighted by Gasteiger charge is -2.19. The molecule has 134 valence electrons. The van der Waals surface area contributed by atoms with Crippen LogP contribution in [0.15, 0.2) is 48.5 Å². The number of ether oxygens (including phenoxy) is 1. The molecular formula is C21H23N3O2. The third-order valence-corrected chi connectivity index (χ3v) is 4.99. The predicted molar refractivity (Wildman–Crippen MR) is 103 cm³/mol. The molecule has 1 aromatic heterocycles. The third-order valence-electron chi connectivity index (χ3n) is 4.99. The highest BCUT2D eigenvalue weighted by atomic mass is 16.5. The number of benzene rings is 2. The number of para-hydroxylation sites is 2. The third kappa shape index (κ3) is 2.73. The van der Waals surface area contributed by atoms with E-state index in [2.05, 4.69) is 24.5 Å². The standard InChI is InChI=1S/C21H23N3O2/c1-14(2)24-19-10-5-4-9-18(19)22-21(24)15-11-20(25)23(13-15)16-7-6-8-17(12-16)26-3/h4-10,12,14-15H,11,13H2,1-3H3. The Morgan fingerprint density at radius 1 is 1.15 bits per heavy atom. The van der Waals surface area contributed by atoms with E-state index >= 15 is 0 Å². The van der Waals surface area contributed by atoms with Crippen LogP contribution < -0.4 is 9.64 Å². The molecule has 1 atom stereocenters. The summed E-state index contributed by atoms with van der Waals surface area (Å²) in [6.45, 7) is 4.96. The highest BCUT2D eigenvalue weighted by Crippen LogP contribution is 2.35. The summed E-state index contributed by atoms with van der Waals surface area (Å²) in [4.78, 5) is 19.4. The fraction of sp³-hybridized carbons (Fsp3) is 0.333. The van der Waals surface area contributed by atoms with Crippen LogP contribution in [0.4, 0.5) is 5.69 Å². The van der Waals surface area contributed by atoms with E-state index in [4.69, 9.17) is 9.72 Å². The van der Waals surface area contributed by atoms with E-state index in [1.54, 1.807) is 7.11 Å². The summed E-state index contributed by atoms with van der Waals surface area (Å²) in [7, 11) is 1.64. The fourth-order valence-electron chi connectivity index (χ4n) is 3.80. The molecule has 1 aliphatic heterocycles. The Hall–Kier alpha value is -2.82. The molecule has 3 aromatic rings. The number of aromatic nitrogens is 2. The number of imidazole rings is 1. The van der Waals surface area contributed by atoms with Crippen molar-refractivity contribution in [3.05, 3.63) is 54.4 Å². The second kappa shape index (κ2) is 6.48. The maximum absolute atomic E-state index is 12.7. The molecule has 1 unspecified atom stereocenters. The number of hydrogen-bond acceptors (Lipinski definition) is 3. The van der Waals surface area contributed by atoms with Crippen molar-refractivity contribution in [3.63, 3.8) is 0 Å². The molecule has 1 saturated heterocycles. The van der Waals surface area contributed by atoms with Crippen LogP contribution in [0.25, 0.3) is 11.0 Å². The van der Waals surface area contributed by atoms with Crippen molar-refractivity contribution in [1.29, 1.82) is 0 Å². The number of methoxy groups -OCH3 is 1. The molecule has 1 fully saturated rings. The maximum atomic E-state index is 12.7. The average Bonchev–Trinajstić information content (AvgIpc) is 3.22. The normalized spacial score (nSPS) is 17.5. The number of fused-ring (bicyclic) bond motifs is 1. The van der Waals surface area contributed by atoms with E-state index in [0.29, 0.717) is 19.0 Å². The Morgan fingerprint density at radius 3 is 2.73 bits per heavy atom. The molecule has 0 aliphatic carbocycles. The van der Waals surface area contributed by atoms with Crippen molar-refractivity contribution >= 4 is 22.6 Å². The van der Waals surface area contributed by atoms with Crippen molar-refractivity contribution in [2.75, 3.05) is 18.6 Å². The van der Waals surface area contributed by atoms with E-state index in [-0.39, 0.29) is 11.8 Å². The van der Waals surface area contributed by atoms with Crippen LogP contribution in [0.5, 0.6) is 5.75 Å². The Balaban J connectivity index is 1.71. The van der Waals surface area contributed by atoms with Crippen LogP contribution in [0.1, 0.15) is 38.1 Å². The molecule has 0 saturated carbocycles. The first-order valence-corrected chi connectivity index (χ1v) is 8.99. The predicted octanol–water partition coefficient (Wildman–Crippen LogP) is 4.15.